The van der Waals surface area contributed by atoms with E-state index in [1.165, 1.54) is 10.4 Å². The van der Waals surface area contributed by atoms with E-state index in [1.54, 1.807) is 11.3 Å². The van der Waals surface area contributed by atoms with E-state index >= 15 is 0 Å². The molecule has 1 aromatic carbocycles. The Morgan fingerprint density at radius 3 is 2.41 bits per heavy atom. The summed E-state index contributed by atoms with van der Waals surface area (Å²) in [4.78, 5) is 33.4. The van der Waals surface area contributed by atoms with E-state index in [-0.39, 0.29) is 11.8 Å². The number of benzene rings is 1. The Balaban J connectivity index is 1.29. The summed E-state index contributed by atoms with van der Waals surface area (Å²) in [6.07, 6.45) is 0.968. The van der Waals surface area contributed by atoms with Crippen LogP contribution in [-0.4, -0.2) is 65.8 Å². The van der Waals surface area contributed by atoms with Gasteiger partial charge in [0, 0.05) is 44.1 Å². The Hall–Kier alpha value is -2.18. The zero-order chi connectivity index (χ0) is 20.4. The second-order valence-electron chi connectivity index (χ2n) is 8.49. The average molecular weight is 412 g/mol. The van der Waals surface area contributed by atoms with Crippen molar-refractivity contribution < 1.29 is 9.59 Å². The van der Waals surface area contributed by atoms with Crippen molar-refractivity contribution in [3.63, 3.8) is 0 Å². The minimum absolute atomic E-state index is 0.163. The Kier molecular flexibility index (Phi) is 5.74. The van der Waals surface area contributed by atoms with Gasteiger partial charge in [0.1, 0.15) is 0 Å². The monoisotopic (exact) mass is 411 g/mol. The van der Waals surface area contributed by atoms with Gasteiger partial charge in [0.15, 0.2) is 0 Å². The number of thiophene rings is 1. The molecule has 0 atom stereocenters. The van der Waals surface area contributed by atoms with Crippen molar-refractivity contribution in [3.8, 4) is 0 Å². The van der Waals surface area contributed by atoms with Crippen molar-refractivity contribution in [2.24, 2.45) is 0 Å². The lowest BCUT2D eigenvalue weighted by molar-refractivity contribution is -0.139. The predicted octanol–water partition coefficient (Wildman–Crippen LogP) is 2.75. The van der Waals surface area contributed by atoms with E-state index in [9.17, 15) is 9.59 Å². The Morgan fingerprint density at radius 2 is 1.69 bits per heavy atom. The Labute approximate surface area is 176 Å². The number of piperazine rings is 1. The maximum Gasteiger partial charge on any atom is 0.237 e. The minimum Gasteiger partial charge on any atom is -0.339 e. The third-order valence-corrected chi connectivity index (χ3v) is 7.23. The number of rotatable bonds is 4. The zero-order valence-electron chi connectivity index (χ0n) is 17.3. The maximum atomic E-state index is 13.1. The third kappa shape index (κ3) is 4.23. The smallest absolute Gasteiger partial charge is 0.237 e. The first-order chi connectivity index (χ1) is 13.9. The second-order valence-corrected chi connectivity index (χ2v) is 9.49. The molecule has 2 amide bonds. The zero-order valence-corrected chi connectivity index (χ0v) is 18.1. The molecule has 3 heterocycles. The van der Waals surface area contributed by atoms with Crippen molar-refractivity contribution in [2.75, 3.05) is 39.3 Å². The highest BCUT2D eigenvalue weighted by Gasteiger charge is 2.35. The van der Waals surface area contributed by atoms with Crippen LogP contribution >= 0.6 is 11.3 Å². The van der Waals surface area contributed by atoms with Crippen LogP contribution in [0.15, 0.2) is 41.8 Å². The van der Waals surface area contributed by atoms with Crippen LogP contribution in [-0.2, 0) is 28.0 Å². The summed E-state index contributed by atoms with van der Waals surface area (Å²) in [5.41, 5.74) is 1.80. The van der Waals surface area contributed by atoms with Crippen LogP contribution in [0.25, 0.3) is 0 Å². The van der Waals surface area contributed by atoms with Crippen LogP contribution in [0.4, 0.5) is 0 Å². The average Bonchev–Trinajstić information content (AvgIpc) is 3.22. The first-order valence-electron chi connectivity index (χ1n) is 10.4. The van der Waals surface area contributed by atoms with Gasteiger partial charge in [-0.15, -0.1) is 11.3 Å². The lowest BCUT2D eigenvalue weighted by Crippen LogP contribution is -2.54. The van der Waals surface area contributed by atoms with Gasteiger partial charge in [-0.05, 0) is 42.8 Å². The van der Waals surface area contributed by atoms with Gasteiger partial charge in [0.25, 0.3) is 0 Å². The molecule has 154 valence electrons. The van der Waals surface area contributed by atoms with Crippen LogP contribution in [0, 0.1) is 0 Å². The van der Waals surface area contributed by atoms with E-state index < -0.39 is 5.41 Å². The van der Waals surface area contributed by atoms with E-state index in [4.69, 9.17) is 0 Å². The highest BCUT2D eigenvalue weighted by atomic mass is 32.1. The molecule has 6 heteroatoms. The molecule has 2 aromatic rings. The lowest BCUT2D eigenvalue weighted by atomic mass is 9.83. The molecule has 0 N–H and O–H groups in total. The molecule has 4 rings (SSSR count). The second kappa shape index (κ2) is 8.28. The number of fused-ring (bicyclic) bond motifs is 1. The van der Waals surface area contributed by atoms with E-state index in [2.05, 4.69) is 16.3 Å². The van der Waals surface area contributed by atoms with Gasteiger partial charge in [-0.25, -0.2) is 0 Å². The lowest BCUT2D eigenvalue weighted by Gasteiger charge is -2.39. The van der Waals surface area contributed by atoms with Crippen molar-refractivity contribution >= 4 is 23.2 Å². The van der Waals surface area contributed by atoms with Crippen molar-refractivity contribution in [2.45, 2.75) is 32.2 Å². The van der Waals surface area contributed by atoms with Crippen LogP contribution in [0.3, 0.4) is 0 Å². The van der Waals surface area contributed by atoms with Gasteiger partial charge >= 0.3 is 0 Å². The fraction of sp³-hybridized carbons (Fsp3) is 0.478. The van der Waals surface area contributed by atoms with Crippen LogP contribution < -0.4 is 0 Å². The molecule has 1 aromatic heterocycles. The van der Waals surface area contributed by atoms with Gasteiger partial charge in [-0.2, -0.15) is 0 Å². The van der Waals surface area contributed by atoms with Crippen LogP contribution in [0.5, 0.6) is 0 Å². The summed E-state index contributed by atoms with van der Waals surface area (Å²) in [6, 6.07) is 12.1. The van der Waals surface area contributed by atoms with E-state index in [0.717, 1.165) is 38.2 Å². The SMILES string of the molecule is CC(C)(C(=O)N1CCN(CC(=O)N2CCc3sccc3C2)CC1)c1ccccc1. The number of hydrogen-bond acceptors (Lipinski definition) is 4. The molecule has 0 unspecified atom stereocenters. The number of carbonyl (C=O) groups excluding carboxylic acids is 2. The van der Waals surface area contributed by atoms with Gasteiger partial charge in [-0.3, -0.25) is 14.5 Å². The summed E-state index contributed by atoms with van der Waals surface area (Å²) in [6.45, 7) is 8.85. The molecule has 0 spiro atoms. The molecular formula is C23H29N3O2S. The van der Waals surface area contributed by atoms with E-state index in [0.29, 0.717) is 19.6 Å². The Morgan fingerprint density at radius 1 is 0.966 bits per heavy atom. The highest BCUT2D eigenvalue weighted by Crippen LogP contribution is 2.26. The number of carbonyl (C=O) groups is 2. The summed E-state index contributed by atoms with van der Waals surface area (Å²) >= 11 is 1.79. The van der Waals surface area contributed by atoms with Crippen LogP contribution in [0.1, 0.15) is 29.9 Å². The fourth-order valence-electron chi connectivity index (χ4n) is 4.24. The molecule has 1 saturated heterocycles. The first-order valence-corrected chi connectivity index (χ1v) is 11.2. The van der Waals surface area contributed by atoms with Crippen LogP contribution in [0.2, 0.25) is 0 Å². The summed E-state index contributed by atoms with van der Waals surface area (Å²) < 4.78 is 0. The van der Waals surface area contributed by atoms with Gasteiger partial charge in [0.05, 0.1) is 12.0 Å². The van der Waals surface area contributed by atoms with Gasteiger partial charge in [-0.1, -0.05) is 30.3 Å². The largest absolute Gasteiger partial charge is 0.339 e. The summed E-state index contributed by atoms with van der Waals surface area (Å²) in [5.74, 6) is 0.363. The summed E-state index contributed by atoms with van der Waals surface area (Å²) in [5, 5.41) is 2.12. The molecule has 2 aliphatic rings. The number of amides is 2. The molecule has 1 fully saturated rings. The maximum absolute atomic E-state index is 13.1. The highest BCUT2D eigenvalue weighted by molar-refractivity contribution is 7.10. The molecule has 2 aliphatic heterocycles. The van der Waals surface area contributed by atoms with Gasteiger partial charge < -0.3 is 9.80 Å². The summed E-state index contributed by atoms with van der Waals surface area (Å²) in [7, 11) is 0. The normalized spacial score (nSPS) is 17.9. The Bertz CT molecular complexity index is 869. The molecule has 5 nitrogen and oxygen atoms in total. The third-order valence-electron chi connectivity index (χ3n) is 6.21. The fourth-order valence-corrected chi connectivity index (χ4v) is 5.12. The van der Waals surface area contributed by atoms with Crippen molar-refractivity contribution in [1.29, 1.82) is 0 Å². The van der Waals surface area contributed by atoms with Gasteiger partial charge in [0.2, 0.25) is 11.8 Å². The number of nitrogens with zero attached hydrogens (tertiary/aromatic N) is 3. The quantitative estimate of drug-likeness (QED) is 0.777. The molecule has 0 aliphatic carbocycles. The molecular weight excluding hydrogens is 382 g/mol. The van der Waals surface area contributed by atoms with Crippen molar-refractivity contribution in [1.82, 2.24) is 14.7 Å². The molecule has 0 saturated carbocycles. The number of hydrogen-bond donors (Lipinski definition) is 0. The molecule has 0 bridgehead atoms. The topological polar surface area (TPSA) is 43.9 Å². The van der Waals surface area contributed by atoms with E-state index in [1.807, 2.05) is 54.0 Å². The predicted molar refractivity (Wildman–Crippen MR) is 116 cm³/mol. The standard InChI is InChI=1S/C23H29N3O2S/c1-23(2,19-6-4-3-5-7-19)22(28)25-13-11-24(12-14-25)17-21(27)26-10-8-20-18(16-26)9-15-29-20/h3-7,9,15H,8,10-14,16-17H2,1-2H3. The van der Waals surface area contributed by atoms with Crippen molar-refractivity contribution in [3.05, 3.63) is 57.8 Å². The minimum atomic E-state index is -0.536. The molecule has 29 heavy (non-hydrogen) atoms. The first kappa shape index (κ1) is 20.1. The molecule has 0 radical (unpaired) electrons.